The summed E-state index contributed by atoms with van der Waals surface area (Å²) >= 11 is 0. The summed E-state index contributed by atoms with van der Waals surface area (Å²) < 4.78 is 11.4. The van der Waals surface area contributed by atoms with Crippen molar-refractivity contribution in [3.05, 3.63) is 11.3 Å². The maximum atomic E-state index is 12.8. The summed E-state index contributed by atoms with van der Waals surface area (Å²) in [6.45, 7) is 18.4. The Morgan fingerprint density at radius 3 is 2.42 bits per heavy atom. The van der Waals surface area contributed by atoms with Crippen LogP contribution in [0.4, 0.5) is 4.79 Å². The summed E-state index contributed by atoms with van der Waals surface area (Å²) in [5.74, 6) is 0. The maximum absolute atomic E-state index is 12.8. The van der Waals surface area contributed by atoms with Gasteiger partial charge in [0.05, 0.1) is 26.8 Å². The highest BCUT2D eigenvalue weighted by molar-refractivity contribution is 6.81. The van der Waals surface area contributed by atoms with Crippen molar-refractivity contribution in [3.8, 4) is 0 Å². The molecule has 5 nitrogen and oxygen atoms in total. The first kappa shape index (κ1) is 23.2. The second-order valence-electron chi connectivity index (χ2n) is 9.81. The third-order valence-corrected chi connectivity index (χ3v) is 5.53. The number of carbonyl (C=O) groups is 1. The van der Waals surface area contributed by atoms with Crippen molar-refractivity contribution in [1.82, 2.24) is 4.90 Å². The predicted octanol–water partition coefficient (Wildman–Crippen LogP) is 4.71. The molecule has 2 atom stereocenters. The van der Waals surface area contributed by atoms with E-state index in [4.69, 9.17) is 9.47 Å². The molecule has 1 saturated heterocycles. The summed E-state index contributed by atoms with van der Waals surface area (Å²) in [5, 5.41) is 11.2. The molecule has 0 aliphatic carbocycles. The third kappa shape index (κ3) is 6.71. The van der Waals surface area contributed by atoms with Crippen LogP contribution < -0.4 is 0 Å². The molecule has 0 unspecified atom stereocenters. The number of hydrogen-bond acceptors (Lipinski definition) is 4. The first-order valence-electron chi connectivity index (χ1n) is 9.74. The number of amides is 1. The van der Waals surface area contributed by atoms with Crippen LogP contribution in [-0.2, 0) is 9.47 Å². The largest absolute Gasteiger partial charge is 0.444 e. The fourth-order valence-corrected chi connectivity index (χ4v) is 4.65. The lowest BCUT2D eigenvalue weighted by atomic mass is 9.98. The first-order valence-corrected chi connectivity index (χ1v) is 13.3. The minimum absolute atomic E-state index is 0.308. The number of aliphatic hydroxyl groups excluding tert-OH is 1. The van der Waals surface area contributed by atoms with Gasteiger partial charge in [0.1, 0.15) is 11.3 Å². The molecule has 6 heteroatoms. The van der Waals surface area contributed by atoms with Crippen LogP contribution in [0.5, 0.6) is 0 Å². The molecule has 0 saturated carbocycles. The number of nitrogens with zero attached hydrogens (tertiary/aromatic N) is 1. The highest BCUT2D eigenvalue weighted by Crippen LogP contribution is 2.33. The van der Waals surface area contributed by atoms with Crippen molar-refractivity contribution in [2.24, 2.45) is 0 Å². The Morgan fingerprint density at radius 1 is 1.38 bits per heavy atom. The highest BCUT2D eigenvalue weighted by atomic mass is 28.3. The SMILES string of the molecule is CCCC/C(=C\[Si](C)(C)C)[C@@H](O)[C@@H]1COC(C)(C)N1C(=O)OC(C)(C)C. The normalized spacial score (nSPS) is 22.5. The summed E-state index contributed by atoms with van der Waals surface area (Å²) in [6, 6.07) is -0.431. The van der Waals surface area contributed by atoms with Gasteiger partial charge in [0, 0.05) is 0 Å². The van der Waals surface area contributed by atoms with E-state index in [1.54, 1.807) is 4.90 Å². The van der Waals surface area contributed by atoms with Gasteiger partial charge in [-0.1, -0.05) is 38.7 Å². The Bertz CT molecular complexity index is 517. The topological polar surface area (TPSA) is 59.0 Å². The standard InChI is InChI=1S/C20H39NO4Si/c1-10-11-12-15(14-26(7,8)9)17(22)16-13-24-20(5,6)21(16)18(23)25-19(2,3)4/h14,16-17,22H,10-13H2,1-9H3/b15-14+/t16-,17+/m0/s1. The summed E-state index contributed by atoms with van der Waals surface area (Å²) in [5.41, 5.74) is 1.91. The maximum Gasteiger partial charge on any atom is 0.413 e. The van der Waals surface area contributed by atoms with Crippen LogP contribution >= 0.6 is 0 Å². The molecule has 1 rings (SSSR count). The molecular weight excluding hydrogens is 346 g/mol. The summed E-state index contributed by atoms with van der Waals surface area (Å²) in [7, 11) is -1.50. The van der Waals surface area contributed by atoms with Crippen LogP contribution in [0.1, 0.15) is 60.8 Å². The van der Waals surface area contributed by atoms with Crippen LogP contribution in [0.2, 0.25) is 19.6 Å². The number of ether oxygens (including phenoxy) is 2. The van der Waals surface area contributed by atoms with Crippen molar-refractivity contribution >= 4 is 14.2 Å². The monoisotopic (exact) mass is 385 g/mol. The van der Waals surface area contributed by atoms with Crippen molar-refractivity contribution in [2.75, 3.05) is 6.61 Å². The molecule has 0 radical (unpaired) electrons. The fourth-order valence-electron chi connectivity index (χ4n) is 3.22. The van der Waals surface area contributed by atoms with E-state index in [2.05, 4.69) is 32.3 Å². The number of hydrogen-bond donors (Lipinski definition) is 1. The molecule has 1 amide bonds. The van der Waals surface area contributed by atoms with Crippen molar-refractivity contribution in [2.45, 2.75) is 104 Å². The number of carbonyl (C=O) groups excluding carboxylic acids is 1. The molecule has 0 aromatic rings. The lowest BCUT2D eigenvalue weighted by Crippen LogP contribution is -2.53. The minimum atomic E-state index is -1.50. The second-order valence-corrected chi connectivity index (χ2v) is 14.8. The molecule has 0 spiro atoms. The van der Waals surface area contributed by atoms with Gasteiger partial charge >= 0.3 is 6.09 Å². The molecule has 26 heavy (non-hydrogen) atoms. The minimum Gasteiger partial charge on any atom is -0.444 e. The van der Waals surface area contributed by atoms with Crippen LogP contribution in [0.3, 0.4) is 0 Å². The zero-order valence-electron chi connectivity index (χ0n) is 18.2. The van der Waals surface area contributed by atoms with Gasteiger partial charge in [-0.3, -0.25) is 4.90 Å². The summed E-state index contributed by atoms with van der Waals surface area (Å²) in [4.78, 5) is 14.4. The average Bonchev–Trinajstić information content (AvgIpc) is 2.75. The van der Waals surface area contributed by atoms with E-state index in [1.165, 1.54) is 0 Å². The third-order valence-electron chi connectivity index (χ3n) is 4.29. The number of unbranched alkanes of at least 4 members (excludes halogenated alkanes) is 1. The van der Waals surface area contributed by atoms with Crippen molar-refractivity contribution < 1.29 is 19.4 Å². The second kappa shape index (κ2) is 8.44. The molecule has 152 valence electrons. The van der Waals surface area contributed by atoms with E-state index < -0.39 is 37.6 Å². The molecule has 1 fully saturated rings. The van der Waals surface area contributed by atoms with Gasteiger partial charge < -0.3 is 14.6 Å². The zero-order chi connectivity index (χ0) is 20.3. The molecule has 1 aliphatic rings. The predicted molar refractivity (Wildman–Crippen MR) is 109 cm³/mol. The van der Waals surface area contributed by atoms with E-state index in [-0.39, 0.29) is 0 Å². The molecule has 0 aromatic carbocycles. The average molecular weight is 386 g/mol. The molecule has 1 N–H and O–H groups in total. The van der Waals surface area contributed by atoms with Gasteiger partial charge in [-0.15, -0.1) is 0 Å². The van der Waals surface area contributed by atoms with E-state index in [0.29, 0.717) is 6.61 Å². The van der Waals surface area contributed by atoms with Gasteiger partial charge in [0.2, 0.25) is 0 Å². The van der Waals surface area contributed by atoms with E-state index in [0.717, 1.165) is 24.8 Å². The Labute approximate surface area is 160 Å². The lowest BCUT2D eigenvalue weighted by molar-refractivity contribution is -0.0664. The quantitative estimate of drug-likeness (QED) is 0.673. The molecule has 1 heterocycles. The van der Waals surface area contributed by atoms with Gasteiger partial charge in [-0.2, -0.15) is 0 Å². The Morgan fingerprint density at radius 2 is 1.96 bits per heavy atom. The van der Waals surface area contributed by atoms with Crippen molar-refractivity contribution in [3.63, 3.8) is 0 Å². The van der Waals surface area contributed by atoms with E-state index in [1.807, 2.05) is 34.6 Å². The van der Waals surface area contributed by atoms with Crippen molar-refractivity contribution in [1.29, 1.82) is 0 Å². The van der Waals surface area contributed by atoms with Gasteiger partial charge in [0.15, 0.2) is 0 Å². The van der Waals surface area contributed by atoms with Crippen LogP contribution in [-0.4, -0.2) is 54.3 Å². The number of rotatable bonds is 6. The molecule has 0 aromatic heterocycles. The Balaban J connectivity index is 3.14. The van der Waals surface area contributed by atoms with Crippen LogP contribution in [0.15, 0.2) is 11.3 Å². The first-order chi connectivity index (χ1) is 11.7. The Hall–Kier alpha value is -0.853. The zero-order valence-corrected chi connectivity index (χ0v) is 19.2. The summed E-state index contributed by atoms with van der Waals surface area (Å²) in [6.07, 6.45) is 1.77. The van der Waals surface area contributed by atoms with E-state index >= 15 is 0 Å². The van der Waals surface area contributed by atoms with E-state index in [9.17, 15) is 9.90 Å². The van der Waals surface area contributed by atoms with Gasteiger partial charge in [-0.05, 0) is 53.0 Å². The highest BCUT2D eigenvalue weighted by Gasteiger charge is 2.49. The number of aliphatic hydroxyl groups is 1. The fraction of sp³-hybridized carbons (Fsp3) is 0.850. The smallest absolute Gasteiger partial charge is 0.413 e. The van der Waals surface area contributed by atoms with Crippen LogP contribution in [0.25, 0.3) is 0 Å². The Kier molecular flexibility index (Phi) is 7.53. The molecule has 1 aliphatic heterocycles. The van der Waals surface area contributed by atoms with Gasteiger partial charge in [-0.25, -0.2) is 4.79 Å². The van der Waals surface area contributed by atoms with Crippen LogP contribution in [0, 0.1) is 0 Å². The molecular formula is C20H39NO4Si. The molecule has 0 bridgehead atoms. The lowest BCUT2D eigenvalue weighted by Gasteiger charge is -2.37. The van der Waals surface area contributed by atoms with Gasteiger partial charge in [0.25, 0.3) is 0 Å².